The van der Waals surface area contributed by atoms with Crippen molar-refractivity contribution in [2.24, 2.45) is 4.99 Å². The number of nitrogens with zero attached hydrogens (tertiary/aromatic N) is 2. The second kappa shape index (κ2) is 7.82. The molecule has 110 valence electrons. The molecule has 0 saturated heterocycles. The second-order valence-electron chi connectivity index (χ2n) is 4.49. The van der Waals surface area contributed by atoms with E-state index in [1.165, 1.54) is 0 Å². The molecule has 2 rings (SSSR count). The molecule has 5 nitrogen and oxygen atoms in total. The Morgan fingerprint density at radius 1 is 1.50 bits per heavy atom. The molecule has 0 radical (unpaired) electrons. The summed E-state index contributed by atoms with van der Waals surface area (Å²) in [6.07, 6.45) is 0. The summed E-state index contributed by atoms with van der Waals surface area (Å²) in [4.78, 5) is 18.1. The lowest BCUT2D eigenvalue weighted by atomic mass is 10.2. The van der Waals surface area contributed by atoms with Crippen molar-refractivity contribution >= 4 is 57.5 Å². The van der Waals surface area contributed by atoms with Crippen LogP contribution in [0.2, 0.25) is 0 Å². The Hall–Kier alpha value is -0.830. The van der Waals surface area contributed by atoms with Crippen LogP contribution in [0.15, 0.2) is 27.7 Å². The van der Waals surface area contributed by atoms with Gasteiger partial charge in [0.15, 0.2) is 5.96 Å². The van der Waals surface area contributed by atoms with Gasteiger partial charge in [0.1, 0.15) is 0 Å². The summed E-state index contributed by atoms with van der Waals surface area (Å²) in [5.74, 6) is 0.699. The zero-order valence-corrected chi connectivity index (χ0v) is 15.4. The van der Waals surface area contributed by atoms with Gasteiger partial charge in [-0.25, -0.2) is 0 Å². The zero-order valence-electron chi connectivity index (χ0n) is 11.4. The van der Waals surface area contributed by atoms with E-state index in [1.807, 2.05) is 37.1 Å². The average molecular weight is 453 g/mol. The lowest BCUT2D eigenvalue weighted by Crippen LogP contribution is -2.40. The molecule has 1 amide bonds. The fourth-order valence-corrected chi connectivity index (χ4v) is 2.17. The predicted octanol–water partition coefficient (Wildman–Crippen LogP) is 2.21. The zero-order chi connectivity index (χ0) is 13.8. The number of nitrogens with one attached hydrogen (secondary N) is 2. The lowest BCUT2D eigenvalue weighted by Gasteiger charge is -2.15. The van der Waals surface area contributed by atoms with Gasteiger partial charge < -0.3 is 15.5 Å². The van der Waals surface area contributed by atoms with Crippen molar-refractivity contribution in [3.8, 4) is 0 Å². The van der Waals surface area contributed by atoms with E-state index < -0.39 is 0 Å². The fraction of sp³-hybridized carbons (Fsp3) is 0.385. The number of likely N-dealkylation sites (N-methyl/N-ethyl adjacent to an activating group) is 1. The number of aliphatic imine (C=N–C) groups is 1. The molecule has 0 bridgehead atoms. The van der Waals surface area contributed by atoms with Crippen LogP contribution in [0.25, 0.3) is 0 Å². The number of benzene rings is 1. The van der Waals surface area contributed by atoms with Gasteiger partial charge in [0.2, 0.25) is 5.91 Å². The largest absolute Gasteiger partial charge is 0.347 e. The highest BCUT2D eigenvalue weighted by molar-refractivity contribution is 14.0. The Labute approximate surface area is 144 Å². The molecule has 1 aliphatic heterocycles. The summed E-state index contributed by atoms with van der Waals surface area (Å²) >= 11 is 3.39. The summed E-state index contributed by atoms with van der Waals surface area (Å²) in [6.45, 7) is 3.86. The maximum Gasteiger partial charge on any atom is 0.243 e. The molecule has 0 spiro atoms. The van der Waals surface area contributed by atoms with E-state index in [-0.39, 0.29) is 36.4 Å². The van der Waals surface area contributed by atoms with Crippen LogP contribution in [0, 0.1) is 6.92 Å². The molecular formula is C13H18BrIN4O. The van der Waals surface area contributed by atoms with Crippen LogP contribution in [0.1, 0.15) is 5.56 Å². The smallest absolute Gasteiger partial charge is 0.243 e. The summed E-state index contributed by atoms with van der Waals surface area (Å²) in [5.41, 5.74) is 1.86. The van der Waals surface area contributed by atoms with E-state index in [0.29, 0.717) is 0 Å². The van der Waals surface area contributed by atoms with Crippen molar-refractivity contribution in [1.29, 1.82) is 0 Å². The molecule has 2 N–H and O–H groups in total. The molecule has 7 heteroatoms. The van der Waals surface area contributed by atoms with Crippen molar-refractivity contribution in [3.63, 3.8) is 0 Å². The molecule has 20 heavy (non-hydrogen) atoms. The quantitative estimate of drug-likeness (QED) is 0.691. The van der Waals surface area contributed by atoms with Crippen molar-refractivity contribution in [2.45, 2.75) is 6.92 Å². The fourth-order valence-electron chi connectivity index (χ4n) is 1.81. The van der Waals surface area contributed by atoms with Gasteiger partial charge in [-0.3, -0.25) is 9.79 Å². The van der Waals surface area contributed by atoms with Gasteiger partial charge in [0, 0.05) is 23.8 Å². The first-order chi connectivity index (χ1) is 9.06. The van der Waals surface area contributed by atoms with Gasteiger partial charge in [0.25, 0.3) is 0 Å². The molecule has 0 aliphatic carbocycles. The van der Waals surface area contributed by atoms with Crippen LogP contribution in [0.4, 0.5) is 5.69 Å². The van der Waals surface area contributed by atoms with Crippen molar-refractivity contribution in [3.05, 3.63) is 28.2 Å². The molecule has 0 saturated carbocycles. The monoisotopic (exact) mass is 452 g/mol. The molecule has 0 unspecified atom stereocenters. The van der Waals surface area contributed by atoms with E-state index in [4.69, 9.17) is 0 Å². The Kier molecular flexibility index (Phi) is 6.74. The summed E-state index contributed by atoms with van der Waals surface area (Å²) < 4.78 is 0.946. The van der Waals surface area contributed by atoms with Crippen LogP contribution in [-0.4, -0.2) is 43.4 Å². The first kappa shape index (κ1) is 17.2. The van der Waals surface area contributed by atoms with Crippen LogP contribution in [-0.2, 0) is 4.79 Å². The minimum atomic E-state index is -0.0794. The van der Waals surface area contributed by atoms with Crippen molar-refractivity contribution < 1.29 is 4.79 Å². The third kappa shape index (κ3) is 4.62. The number of amides is 1. The van der Waals surface area contributed by atoms with E-state index >= 15 is 0 Å². The Balaban J connectivity index is 0.00000200. The van der Waals surface area contributed by atoms with Crippen LogP contribution in [0.5, 0.6) is 0 Å². The van der Waals surface area contributed by atoms with Gasteiger partial charge in [-0.15, -0.1) is 24.0 Å². The number of carbonyl (C=O) groups excluding carboxylic acids is 1. The van der Waals surface area contributed by atoms with Crippen LogP contribution < -0.4 is 10.6 Å². The summed E-state index contributed by atoms with van der Waals surface area (Å²) in [5, 5.41) is 5.92. The molecule has 0 aromatic heterocycles. The molecule has 0 fully saturated rings. The number of rotatable bonds is 3. The van der Waals surface area contributed by atoms with Crippen LogP contribution >= 0.6 is 39.9 Å². The second-order valence-corrected chi connectivity index (χ2v) is 5.40. The lowest BCUT2D eigenvalue weighted by molar-refractivity contribution is -0.115. The third-order valence-electron chi connectivity index (χ3n) is 2.94. The highest BCUT2D eigenvalue weighted by Crippen LogP contribution is 2.20. The number of hydrogen-bond donors (Lipinski definition) is 2. The highest BCUT2D eigenvalue weighted by Gasteiger charge is 2.13. The summed E-state index contributed by atoms with van der Waals surface area (Å²) in [7, 11) is 1.95. The number of aryl methyl sites for hydroxylation is 1. The molecule has 1 aromatic rings. The number of hydrogen-bond acceptors (Lipinski definition) is 4. The number of guanidine groups is 1. The predicted molar refractivity (Wildman–Crippen MR) is 95.9 cm³/mol. The third-order valence-corrected chi connectivity index (χ3v) is 3.43. The highest BCUT2D eigenvalue weighted by atomic mass is 127. The van der Waals surface area contributed by atoms with Gasteiger partial charge in [-0.1, -0.05) is 22.0 Å². The average Bonchev–Trinajstić information content (AvgIpc) is 2.77. The van der Waals surface area contributed by atoms with Gasteiger partial charge >= 0.3 is 0 Å². The summed E-state index contributed by atoms with van der Waals surface area (Å²) in [6, 6.07) is 5.81. The van der Waals surface area contributed by atoms with E-state index in [1.54, 1.807) is 0 Å². The van der Waals surface area contributed by atoms with Gasteiger partial charge in [0.05, 0.1) is 13.1 Å². The topological polar surface area (TPSA) is 56.7 Å². The molecular weight excluding hydrogens is 435 g/mol. The standard InChI is InChI=1S/C13H17BrN4O.HI/c1-9-3-4-10(14)7-11(9)17-12(19)8-16-13-15-5-6-18(13)2;/h3-4,7H,5-6,8H2,1-2H3,(H,15,16)(H,17,19);1H. The normalized spacial score (nSPS) is 13.6. The first-order valence-corrected chi connectivity index (χ1v) is 6.91. The SMILES string of the molecule is Cc1ccc(Br)cc1NC(=O)CNC1=NCCN1C.I. The minimum Gasteiger partial charge on any atom is -0.347 e. The maximum absolute atomic E-state index is 11.9. The van der Waals surface area contributed by atoms with Gasteiger partial charge in [-0.05, 0) is 24.6 Å². The van der Waals surface area contributed by atoms with Crippen molar-refractivity contribution in [2.75, 3.05) is 32.0 Å². The van der Waals surface area contributed by atoms with Crippen LogP contribution in [0.3, 0.4) is 0 Å². The Morgan fingerprint density at radius 2 is 2.25 bits per heavy atom. The van der Waals surface area contributed by atoms with Gasteiger partial charge in [-0.2, -0.15) is 0 Å². The number of anilines is 1. The maximum atomic E-state index is 11.9. The molecule has 1 aromatic carbocycles. The first-order valence-electron chi connectivity index (χ1n) is 6.12. The molecule has 1 heterocycles. The number of halogens is 2. The van der Waals surface area contributed by atoms with E-state index in [2.05, 4.69) is 31.6 Å². The minimum absolute atomic E-state index is 0. The van der Waals surface area contributed by atoms with Crippen molar-refractivity contribution in [1.82, 2.24) is 10.2 Å². The van der Waals surface area contributed by atoms with E-state index in [9.17, 15) is 4.79 Å². The molecule has 1 aliphatic rings. The van der Waals surface area contributed by atoms with E-state index in [0.717, 1.165) is 34.8 Å². The Bertz CT molecular complexity index is 521. The molecule has 0 atom stereocenters. The number of carbonyl (C=O) groups is 1. The Morgan fingerprint density at radius 3 is 2.90 bits per heavy atom.